The van der Waals surface area contributed by atoms with Crippen molar-refractivity contribution in [2.75, 3.05) is 11.9 Å². The summed E-state index contributed by atoms with van der Waals surface area (Å²) in [5, 5.41) is 3.80. The van der Waals surface area contributed by atoms with Crippen LogP contribution in [0.2, 0.25) is 15.1 Å². The molecule has 0 aliphatic heterocycles. The number of anilines is 1. The molecule has 0 unspecified atom stereocenters. The molecule has 4 rings (SSSR count). The molecular formula is C22H16Cl3N3O3. The zero-order valence-corrected chi connectivity index (χ0v) is 18.8. The first kappa shape index (κ1) is 21.4. The van der Waals surface area contributed by atoms with Gasteiger partial charge in [0.1, 0.15) is 0 Å². The van der Waals surface area contributed by atoms with Crippen LogP contribution in [0.4, 0.5) is 5.69 Å². The number of pyridine rings is 1. The molecule has 6 nitrogen and oxygen atoms in total. The molecule has 0 aliphatic carbocycles. The fraction of sp³-hybridized carbons (Fsp3) is 0.136. The number of carbonyl (C=O) groups is 1. The van der Waals surface area contributed by atoms with Crippen molar-refractivity contribution in [3.63, 3.8) is 0 Å². The number of fused-ring (bicyclic) bond motifs is 1. The molecular weight excluding hydrogens is 461 g/mol. The Balaban J connectivity index is 1.43. The van der Waals surface area contributed by atoms with E-state index in [0.29, 0.717) is 39.0 Å². The summed E-state index contributed by atoms with van der Waals surface area (Å²) in [5.74, 6) is 0.321. The Bertz CT molecular complexity index is 1220. The number of carbonyl (C=O) groups excluding carboxylic acids is 1. The number of benzene rings is 2. The van der Waals surface area contributed by atoms with Crippen molar-refractivity contribution < 1.29 is 13.9 Å². The highest BCUT2D eigenvalue weighted by Crippen LogP contribution is 2.42. The van der Waals surface area contributed by atoms with E-state index < -0.39 is 0 Å². The zero-order valence-electron chi connectivity index (χ0n) is 16.5. The Kier molecular flexibility index (Phi) is 6.05. The van der Waals surface area contributed by atoms with E-state index in [1.54, 1.807) is 56.4 Å². The fourth-order valence-electron chi connectivity index (χ4n) is 2.96. The van der Waals surface area contributed by atoms with Crippen molar-refractivity contribution in [3.05, 3.63) is 68.8 Å². The third-order valence-electron chi connectivity index (χ3n) is 4.64. The molecule has 4 aromatic rings. The lowest BCUT2D eigenvalue weighted by atomic mass is 10.1. The fourth-order valence-corrected chi connectivity index (χ4v) is 3.78. The van der Waals surface area contributed by atoms with Gasteiger partial charge in [-0.2, -0.15) is 4.98 Å². The molecule has 0 bridgehead atoms. The van der Waals surface area contributed by atoms with Gasteiger partial charge in [-0.05, 0) is 61.4 Å². The monoisotopic (exact) mass is 475 g/mol. The van der Waals surface area contributed by atoms with Gasteiger partial charge in [0, 0.05) is 22.5 Å². The molecule has 0 saturated carbocycles. The Morgan fingerprint density at radius 1 is 1.03 bits per heavy atom. The number of hydrogen-bond donors (Lipinski definition) is 1. The third kappa shape index (κ3) is 4.32. The van der Waals surface area contributed by atoms with E-state index in [-0.39, 0.29) is 28.3 Å². The number of ether oxygens (including phenoxy) is 1. The van der Waals surface area contributed by atoms with Crippen molar-refractivity contribution in [1.82, 2.24) is 9.97 Å². The molecule has 1 N–H and O–H groups in total. The number of amides is 1. The zero-order chi connectivity index (χ0) is 22.1. The summed E-state index contributed by atoms with van der Waals surface area (Å²) in [4.78, 5) is 20.8. The quantitative estimate of drug-likeness (QED) is 0.356. The molecule has 0 saturated heterocycles. The molecule has 31 heavy (non-hydrogen) atoms. The lowest BCUT2D eigenvalue weighted by Crippen LogP contribution is -2.20. The topological polar surface area (TPSA) is 77.2 Å². The predicted molar refractivity (Wildman–Crippen MR) is 122 cm³/mol. The van der Waals surface area contributed by atoms with E-state index in [1.807, 2.05) is 0 Å². The number of aromatic nitrogens is 2. The van der Waals surface area contributed by atoms with Gasteiger partial charge in [0.25, 0.3) is 5.91 Å². The maximum atomic E-state index is 12.3. The van der Waals surface area contributed by atoms with E-state index in [1.165, 1.54) is 0 Å². The van der Waals surface area contributed by atoms with Gasteiger partial charge in [-0.15, -0.1) is 0 Å². The Morgan fingerprint density at radius 3 is 2.35 bits per heavy atom. The van der Waals surface area contributed by atoms with Crippen LogP contribution >= 0.6 is 34.8 Å². The molecule has 9 heteroatoms. The lowest BCUT2D eigenvalue weighted by Gasteiger charge is -2.15. The first-order valence-corrected chi connectivity index (χ1v) is 10.4. The van der Waals surface area contributed by atoms with Gasteiger partial charge in [0.15, 0.2) is 23.6 Å². The average Bonchev–Trinajstić information content (AvgIpc) is 3.21. The van der Waals surface area contributed by atoms with Crippen LogP contribution in [0.5, 0.6) is 5.75 Å². The highest BCUT2D eigenvalue weighted by Gasteiger charge is 2.19. The molecule has 1 amide bonds. The molecule has 2 aromatic heterocycles. The van der Waals surface area contributed by atoms with Crippen LogP contribution in [0.25, 0.3) is 22.7 Å². The first-order valence-electron chi connectivity index (χ1n) is 9.23. The SMILES string of the molecule is Cc1c(Cl)c(C)c(Cl)c(OCC(=O)Nc2ccc(-c3nc4ncccc4o3)cc2)c1Cl. The minimum absolute atomic E-state index is 0.234. The minimum Gasteiger partial charge on any atom is -0.481 e. The average molecular weight is 477 g/mol. The Morgan fingerprint density at radius 2 is 1.71 bits per heavy atom. The van der Waals surface area contributed by atoms with Crippen molar-refractivity contribution in [3.8, 4) is 17.2 Å². The summed E-state index contributed by atoms with van der Waals surface area (Å²) >= 11 is 18.8. The van der Waals surface area contributed by atoms with Crippen molar-refractivity contribution in [2.24, 2.45) is 0 Å². The molecule has 0 radical (unpaired) electrons. The summed E-state index contributed by atoms with van der Waals surface area (Å²) in [6, 6.07) is 10.7. The van der Waals surface area contributed by atoms with Crippen LogP contribution in [0.15, 0.2) is 47.0 Å². The van der Waals surface area contributed by atoms with Gasteiger partial charge in [-0.25, -0.2) is 4.98 Å². The summed E-state index contributed by atoms with van der Waals surface area (Å²) in [5.41, 5.74) is 3.79. The number of oxazole rings is 1. The molecule has 0 fully saturated rings. The smallest absolute Gasteiger partial charge is 0.262 e. The normalized spacial score (nSPS) is 11.0. The number of hydrogen-bond acceptors (Lipinski definition) is 5. The lowest BCUT2D eigenvalue weighted by molar-refractivity contribution is -0.118. The van der Waals surface area contributed by atoms with Crippen LogP contribution in [-0.2, 0) is 4.79 Å². The minimum atomic E-state index is -0.365. The van der Waals surface area contributed by atoms with Crippen molar-refractivity contribution >= 4 is 57.6 Å². The molecule has 0 atom stereocenters. The maximum Gasteiger partial charge on any atom is 0.262 e. The largest absolute Gasteiger partial charge is 0.481 e. The molecule has 0 aliphatic rings. The second-order valence-electron chi connectivity index (χ2n) is 6.78. The molecule has 2 heterocycles. The summed E-state index contributed by atoms with van der Waals surface area (Å²) in [6.07, 6.45) is 1.66. The van der Waals surface area contributed by atoms with Gasteiger partial charge in [0.2, 0.25) is 5.89 Å². The van der Waals surface area contributed by atoms with Crippen LogP contribution in [0.3, 0.4) is 0 Å². The van der Waals surface area contributed by atoms with Gasteiger partial charge in [0.05, 0.1) is 10.0 Å². The summed E-state index contributed by atoms with van der Waals surface area (Å²) in [6.45, 7) is 3.25. The standard InChI is InChI=1S/C22H16Cl3N3O3/c1-11-17(23)12(2)19(25)20(18(11)24)30-10-16(29)27-14-7-5-13(6-8-14)22-28-21-15(31-22)4-3-9-26-21/h3-9H,10H2,1-2H3,(H,27,29). The first-order chi connectivity index (χ1) is 14.8. The second-order valence-corrected chi connectivity index (χ2v) is 7.91. The second kappa shape index (κ2) is 8.75. The Labute approximate surface area is 193 Å². The van der Waals surface area contributed by atoms with Crippen molar-refractivity contribution in [2.45, 2.75) is 13.8 Å². The number of nitrogens with zero attached hydrogens (tertiary/aromatic N) is 2. The number of nitrogens with one attached hydrogen (secondary N) is 1. The van der Waals surface area contributed by atoms with Gasteiger partial charge < -0.3 is 14.5 Å². The van der Waals surface area contributed by atoms with Gasteiger partial charge in [-0.3, -0.25) is 4.79 Å². The molecule has 158 valence electrons. The van der Waals surface area contributed by atoms with Crippen LogP contribution < -0.4 is 10.1 Å². The number of rotatable bonds is 5. The predicted octanol–water partition coefficient (Wildman–Crippen LogP) is 6.48. The Hall–Kier alpha value is -2.80. The molecule has 2 aromatic carbocycles. The van der Waals surface area contributed by atoms with Gasteiger partial charge in [-0.1, -0.05) is 34.8 Å². The van der Waals surface area contributed by atoms with E-state index in [2.05, 4.69) is 15.3 Å². The van der Waals surface area contributed by atoms with Crippen LogP contribution in [-0.4, -0.2) is 22.5 Å². The van der Waals surface area contributed by atoms with Crippen LogP contribution in [0.1, 0.15) is 11.1 Å². The van der Waals surface area contributed by atoms with E-state index in [4.69, 9.17) is 44.0 Å². The van der Waals surface area contributed by atoms with Crippen LogP contribution in [0, 0.1) is 13.8 Å². The summed E-state index contributed by atoms with van der Waals surface area (Å²) in [7, 11) is 0. The summed E-state index contributed by atoms with van der Waals surface area (Å²) < 4.78 is 11.3. The highest BCUT2D eigenvalue weighted by atomic mass is 35.5. The van der Waals surface area contributed by atoms with E-state index >= 15 is 0 Å². The molecule has 0 spiro atoms. The third-order valence-corrected chi connectivity index (χ3v) is 6.12. The van der Waals surface area contributed by atoms with Gasteiger partial charge >= 0.3 is 0 Å². The maximum absolute atomic E-state index is 12.3. The van der Waals surface area contributed by atoms with E-state index in [9.17, 15) is 4.79 Å². The highest BCUT2D eigenvalue weighted by molar-refractivity contribution is 6.42. The number of halogens is 3. The van der Waals surface area contributed by atoms with E-state index in [0.717, 1.165) is 5.56 Å². The van der Waals surface area contributed by atoms with Crippen molar-refractivity contribution in [1.29, 1.82) is 0 Å².